The fourth-order valence-corrected chi connectivity index (χ4v) is 5.02. The molecule has 2 aliphatic heterocycles. The first-order valence-corrected chi connectivity index (χ1v) is 11.4. The van der Waals surface area contributed by atoms with Crippen molar-refractivity contribution in [3.63, 3.8) is 0 Å². The van der Waals surface area contributed by atoms with Crippen molar-refractivity contribution in [2.24, 2.45) is 0 Å². The number of urea groups is 1. The quantitative estimate of drug-likeness (QED) is 0.277. The van der Waals surface area contributed by atoms with Gasteiger partial charge in [0.25, 0.3) is 11.8 Å². The van der Waals surface area contributed by atoms with E-state index in [1.54, 1.807) is 0 Å². The molecule has 0 aliphatic carbocycles. The van der Waals surface area contributed by atoms with Gasteiger partial charge in [-0.1, -0.05) is 30.3 Å². The summed E-state index contributed by atoms with van der Waals surface area (Å²) in [5.74, 6) is -1.75. The Morgan fingerprint density at radius 3 is 2.42 bits per heavy atom. The van der Waals surface area contributed by atoms with Crippen molar-refractivity contribution < 1.29 is 31.9 Å². The lowest BCUT2D eigenvalue weighted by Crippen LogP contribution is -2.52. The van der Waals surface area contributed by atoms with E-state index in [4.69, 9.17) is 0 Å². The van der Waals surface area contributed by atoms with Crippen molar-refractivity contribution in [1.82, 2.24) is 25.5 Å². The van der Waals surface area contributed by atoms with E-state index in [2.05, 4.69) is 20.6 Å². The summed E-state index contributed by atoms with van der Waals surface area (Å²) in [5, 5.41) is 4.79. The van der Waals surface area contributed by atoms with Crippen LogP contribution < -0.4 is 10.6 Å². The molecule has 6 rings (SSSR count). The number of aromatic nitrogens is 2. The third-order valence-corrected chi connectivity index (χ3v) is 6.86. The number of nitrogens with zero attached hydrogens (tertiary/aromatic N) is 2. The number of hydrogen-bond donors (Lipinski definition) is 3. The number of carbonyl (C=O) groups excluding carboxylic acids is 3. The molecule has 4 amide bonds. The summed E-state index contributed by atoms with van der Waals surface area (Å²) in [4.78, 5) is 46.0. The lowest BCUT2D eigenvalue weighted by Gasteiger charge is -2.31. The topological polar surface area (TPSA) is 107 Å². The van der Waals surface area contributed by atoms with Gasteiger partial charge in [0.2, 0.25) is 0 Å². The van der Waals surface area contributed by atoms with Crippen LogP contribution in [0.25, 0.3) is 22.2 Å². The van der Waals surface area contributed by atoms with Gasteiger partial charge in [-0.25, -0.2) is 14.2 Å². The summed E-state index contributed by atoms with van der Waals surface area (Å²) < 4.78 is 54.6. The Hall–Kier alpha value is -4.74. The van der Waals surface area contributed by atoms with E-state index in [0.29, 0.717) is 16.7 Å². The van der Waals surface area contributed by atoms with Gasteiger partial charge in [-0.05, 0) is 46.5 Å². The molecular formula is C26H17F4N5O3. The molecule has 0 saturated carbocycles. The largest absolute Gasteiger partial charge is 0.418 e. The number of imidazole rings is 1. The maximum Gasteiger partial charge on any atom is 0.418 e. The van der Waals surface area contributed by atoms with E-state index < -0.39 is 40.9 Å². The molecule has 0 radical (unpaired) electrons. The van der Waals surface area contributed by atoms with Gasteiger partial charge < -0.3 is 15.2 Å². The minimum Gasteiger partial charge on any atom is -0.345 e. The molecule has 12 heteroatoms. The van der Waals surface area contributed by atoms with Crippen LogP contribution in [0.4, 0.5) is 22.4 Å². The molecule has 1 saturated heterocycles. The first-order chi connectivity index (χ1) is 18.0. The van der Waals surface area contributed by atoms with Gasteiger partial charge in [-0.3, -0.25) is 14.9 Å². The smallest absolute Gasteiger partial charge is 0.345 e. The van der Waals surface area contributed by atoms with Crippen molar-refractivity contribution in [2.45, 2.75) is 18.3 Å². The maximum absolute atomic E-state index is 13.7. The van der Waals surface area contributed by atoms with E-state index in [-0.39, 0.29) is 35.2 Å². The van der Waals surface area contributed by atoms with Crippen molar-refractivity contribution in [1.29, 1.82) is 0 Å². The second kappa shape index (κ2) is 8.13. The van der Waals surface area contributed by atoms with Crippen molar-refractivity contribution in [3.05, 3.63) is 89.0 Å². The highest BCUT2D eigenvalue weighted by Crippen LogP contribution is 2.38. The number of nitrogens with one attached hydrogen (secondary N) is 3. The van der Waals surface area contributed by atoms with Crippen molar-refractivity contribution >= 4 is 28.9 Å². The fraction of sp³-hybridized carbons (Fsp3) is 0.154. The predicted octanol–water partition coefficient (Wildman–Crippen LogP) is 4.08. The van der Waals surface area contributed by atoms with Crippen LogP contribution in [-0.2, 0) is 23.1 Å². The van der Waals surface area contributed by atoms with E-state index in [1.165, 1.54) is 53.7 Å². The fourth-order valence-electron chi connectivity index (χ4n) is 5.02. The summed E-state index contributed by atoms with van der Waals surface area (Å²) >= 11 is 0. The molecule has 1 atom stereocenters. The Morgan fingerprint density at radius 2 is 1.74 bits per heavy atom. The average Bonchev–Trinajstić information content (AvgIpc) is 3.54. The minimum absolute atomic E-state index is 0.113. The molecular weight excluding hydrogens is 506 g/mol. The number of rotatable bonds is 4. The van der Waals surface area contributed by atoms with Crippen LogP contribution in [0, 0.1) is 5.82 Å². The Morgan fingerprint density at radius 1 is 0.974 bits per heavy atom. The minimum atomic E-state index is -4.62. The van der Waals surface area contributed by atoms with E-state index in [1.807, 2.05) is 0 Å². The highest BCUT2D eigenvalue weighted by atomic mass is 19.4. The standard InChI is InChI=1S/C26H17F4N5O3/c27-17-6-3-14-10-35(22(36)18(14)9-17)11-25(23(37)33-24(38)34-25)16-4-1-13(2-5-16)15-7-19(26(28,29)30)21-20(8-15)31-12-32-21/h1-9,12H,10-11H2,(H,31,32)(H2,33,34,37,38)/t25-/m0/s1. The summed E-state index contributed by atoms with van der Waals surface area (Å²) in [6, 6.07) is 11.7. The predicted molar refractivity (Wildman–Crippen MR) is 126 cm³/mol. The van der Waals surface area contributed by atoms with Crippen LogP contribution in [-0.4, -0.2) is 39.3 Å². The number of hydrogen-bond acceptors (Lipinski definition) is 4. The number of fused-ring (bicyclic) bond motifs is 2. The molecule has 3 heterocycles. The zero-order chi connectivity index (χ0) is 26.8. The third-order valence-electron chi connectivity index (χ3n) is 6.86. The van der Waals surface area contributed by atoms with Crippen LogP contribution in [0.3, 0.4) is 0 Å². The van der Waals surface area contributed by atoms with Crippen LogP contribution in [0.5, 0.6) is 0 Å². The number of aromatic amines is 1. The SMILES string of the molecule is O=C1NC(=O)[C@](CN2Cc3ccc(F)cc3C2=O)(c2ccc(-c3cc(C(F)(F)F)c4nc[nH]c4c3)cc2)N1. The van der Waals surface area contributed by atoms with Crippen molar-refractivity contribution in [3.8, 4) is 11.1 Å². The van der Waals surface area contributed by atoms with Crippen LogP contribution in [0.1, 0.15) is 27.0 Å². The number of imide groups is 1. The van der Waals surface area contributed by atoms with Gasteiger partial charge >= 0.3 is 12.2 Å². The Labute approximate surface area is 211 Å². The molecule has 192 valence electrons. The maximum atomic E-state index is 13.7. The number of benzene rings is 3. The van der Waals surface area contributed by atoms with Crippen LogP contribution in [0.15, 0.2) is 60.9 Å². The molecule has 0 unspecified atom stereocenters. The molecule has 38 heavy (non-hydrogen) atoms. The third kappa shape index (κ3) is 3.67. The monoisotopic (exact) mass is 523 g/mol. The van der Waals surface area contributed by atoms with E-state index in [9.17, 15) is 31.9 Å². The number of halogens is 4. The Bertz CT molecular complexity index is 1650. The zero-order valence-electron chi connectivity index (χ0n) is 19.3. The number of H-pyrrole nitrogens is 1. The summed E-state index contributed by atoms with van der Waals surface area (Å²) in [6.45, 7) is -0.126. The molecule has 2 aliphatic rings. The van der Waals surface area contributed by atoms with Crippen LogP contribution in [0.2, 0.25) is 0 Å². The molecule has 1 aromatic heterocycles. The lowest BCUT2D eigenvalue weighted by atomic mass is 9.87. The first-order valence-electron chi connectivity index (χ1n) is 11.4. The number of carbonyl (C=O) groups is 3. The van der Waals surface area contributed by atoms with Gasteiger partial charge in [0, 0.05) is 12.1 Å². The average molecular weight is 523 g/mol. The van der Waals surface area contributed by atoms with Gasteiger partial charge in [0.05, 0.1) is 24.0 Å². The highest BCUT2D eigenvalue weighted by Gasteiger charge is 2.50. The summed E-state index contributed by atoms with van der Waals surface area (Å²) in [5.41, 5.74) is -0.763. The van der Waals surface area contributed by atoms with Crippen LogP contribution >= 0.6 is 0 Å². The van der Waals surface area contributed by atoms with Gasteiger partial charge in [-0.15, -0.1) is 0 Å². The number of amides is 4. The summed E-state index contributed by atoms with van der Waals surface area (Å²) in [7, 11) is 0. The second-order valence-corrected chi connectivity index (χ2v) is 9.17. The van der Waals surface area contributed by atoms with E-state index >= 15 is 0 Å². The molecule has 1 fully saturated rings. The van der Waals surface area contributed by atoms with Crippen molar-refractivity contribution in [2.75, 3.05) is 6.54 Å². The lowest BCUT2D eigenvalue weighted by molar-refractivity contribution is -0.136. The first kappa shape index (κ1) is 23.6. The zero-order valence-corrected chi connectivity index (χ0v) is 19.3. The van der Waals surface area contributed by atoms with Gasteiger partial charge in [0.15, 0.2) is 5.54 Å². The highest BCUT2D eigenvalue weighted by molar-refractivity contribution is 6.08. The normalized spacial score (nSPS) is 19.2. The number of alkyl halides is 3. The Kier molecular flexibility index (Phi) is 5.06. The molecule has 4 aromatic rings. The van der Waals surface area contributed by atoms with E-state index in [0.717, 1.165) is 12.1 Å². The second-order valence-electron chi connectivity index (χ2n) is 9.17. The van der Waals surface area contributed by atoms with Gasteiger partial charge in [0.1, 0.15) is 11.3 Å². The summed E-state index contributed by atoms with van der Waals surface area (Å²) in [6.07, 6.45) is -3.44. The Balaban J connectivity index is 1.36. The molecule has 0 spiro atoms. The molecule has 8 nitrogen and oxygen atoms in total. The van der Waals surface area contributed by atoms with Gasteiger partial charge in [-0.2, -0.15) is 13.2 Å². The molecule has 3 N–H and O–H groups in total. The molecule has 0 bridgehead atoms. The molecule has 3 aromatic carbocycles.